The number of carboxylic acids is 1. The summed E-state index contributed by atoms with van der Waals surface area (Å²) in [5.41, 5.74) is 0.810. The molecule has 0 amide bonds. The zero-order chi connectivity index (χ0) is 13.3. The molecular weight excluding hydrogens is 232 g/mol. The van der Waals surface area contributed by atoms with Crippen molar-refractivity contribution in [2.75, 3.05) is 0 Å². The van der Waals surface area contributed by atoms with Crippen LogP contribution in [0.25, 0.3) is 0 Å². The summed E-state index contributed by atoms with van der Waals surface area (Å²) in [6, 6.07) is 5.61. The summed E-state index contributed by atoms with van der Waals surface area (Å²) in [5.74, 6) is 0.252. The first-order chi connectivity index (χ1) is 8.43. The Kier molecular flexibility index (Phi) is 3.20. The highest BCUT2D eigenvalue weighted by atomic mass is 16.6. The van der Waals surface area contributed by atoms with E-state index in [9.17, 15) is 4.79 Å². The molecule has 0 spiro atoms. The summed E-state index contributed by atoms with van der Waals surface area (Å²) >= 11 is 0. The molecule has 2 rings (SSSR count). The molecule has 18 heavy (non-hydrogen) atoms. The van der Waals surface area contributed by atoms with Gasteiger partial charge in [-0.25, -0.2) is 4.79 Å². The Morgan fingerprint density at radius 3 is 2.89 bits per heavy atom. The molecule has 1 heterocycles. The molecule has 1 atom stereocenters. The van der Waals surface area contributed by atoms with Crippen LogP contribution >= 0.6 is 0 Å². The molecule has 0 radical (unpaired) electrons. The number of hydrogen-bond donors (Lipinski definition) is 1. The summed E-state index contributed by atoms with van der Waals surface area (Å²) in [7, 11) is 0. The van der Waals surface area contributed by atoms with Crippen LogP contribution in [0.2, 0.25) is 0 Å². The average Bonchev–Trinajstić information content (AvgIpc) is 2.60. The van der Waals surface area contributed by atoms with Crippen LogP contribution in [0.15, 0.2) is 18.2 Å². The summed E-state index contributed by atoms with van der Waals surface area (Å²) < 4.78 is 11.4. The van der Waals surface area contributed by atoms with Gasteiger partial charge in [-0.05, 0) is 26.3 Å². The maximum absolute atomic E-state index is 11.0. The molecule has 1 aromatic rings. The second kappa shape index (κ2) is 4.52. The molecule has 0 aromatic heterocycles. The highest BCUT2D eigenvalue weighted by Gasteiger charge is 2.33. The van der Waals surface area contributed by atoms with Crippen LogP contribution < -0.4 is 9.47 Å². The highest BCUT2D eigenvalue weighted by Crippen LogP contribution is 2.42. The van der Waals surface area contributed by atoms with Crippen molar-refractivity contribution in [3.63, 3.8) is 0 Å². The van der Waals surface area contributed by atoms with E-state index in [2.05, 4.69) is 0 Å². The standard InChI is InChI=1S/C14H18O4/c1-4-10(13(15)16)17-11-7-5-6-9-8-14(2,3)18-12(9)11/h5-7,10H,4,8H2,1-3H3,(H,15,16). The van der Waals surface area contributed by atoms with E-state index >= 15 is 0 Å². The Bertz CT molecular complexity index is 465. The fourth-order valence-corrected chi connectivity index (χ4v) is 2.14. The number of ether oxygens (including phenoxy) is 2. The maximum Gasteiger partial charge on any atom is 0.344 e. The van der Waals surface area contributed by atoms with Crippen LogP contribution in [0.4, 0.5) is 0 Å². The molecule has 98 valence electrons. The summed E-state index contributed by atoms with van der Waals surface area (Å²) in [6.45, 7) is 5.79. The molecule has 0 bridgehead atoms. The number of rotatable bonds is 4. The Hall–Kier alpha value is -1.71. The van der Waals surface area contributed by atoms with Crippen molar-refractivity contribution in [3.05, 3.63) is 23.8 Å². The van der Waals surface area contributed by atoms with Crippen molar-refractivity contribution in [1.29, 1.82) is 0 Å². The van der Waals surface area contributed by atoms with E-state index in [1.54, 1.807) is 13.0 Å². The predicted octanol–water partition coefficient (Wildman–Crippen LogP) is 2.64. The maximum atomic E-state index is 11.0. The second-order valence-corrected chi connectivity index (χ2v) is 5.14. The van der Waals surface area contributed by atoms with Gasteiger partial charge in [0, 0.05) is 12.0 Å². The molecule has 0 fully saturated rings. The van der Waals surface area contributed by atoms with Crippen molar-refractivity contribution >= 4 is 5.97 Å². The minimum absolute atomic E-state index is 0.257. The number of para-hydroxylation sites is 1. The van der Waals surface area contributed by atoms with Crippen LogP contribution in [-0.2, 0) is 11.2 Å². The molecule has 1 unspecified atom stereocenters. The third-order valence-electron chi connectivity index (χ3n) is 2.97. The van der Waals surface area contributed by atoms with E-state index in [0.717, 1.165) is 12.0 Å². The Morgan fingerprint density at radius 1 is 1.56 bits per heavy atom. The van der Waals surface area contributed by atoms with Crippen LogP contribution in [0.5, 0.6) is 11.5 Å². The molecule has 1 N–H and O–H groups in total. The first-order valence-corrected chi connectivity index (χ1v) is 6.13. The summed E-state index contributed by atoms with van der Waals surface area (Å²) in [5, 5.41) is 9.02. The predicted molar refractivity (Wildman–Crippen MR) is 67.2 cm³/mol. The van der Waals surface area contributed by atoms with E-state index in [1.165, 1.54) is 0 Å². The van der Waals surface area contributed by atoms with Gasteiger partial charge in [-0.15, -0.1) is 0 Å². The fourth-order valence-electron chi connectivity index (χ4n) is 2.14. The zero-order valence-electron chi connectivity index (χ0n) is 10.9. The van der Waals surface area contributed by atoms with Gasteiger partial charge in [-0.1, -0.05) is 19.1 Å². The van der Waals surface area contributed by atoms with Crippen LogP contribution in [0.1, 0.15) is 32.8 Å². The van der Waals surface area contributed by atoms with Crippen molar-refractivity contribution in [2.45, 2.75) is 45.3 Å². The molecule has 1 aliphatic heterocycles. The zero-order valence-corrected chi connectivity index (χ0v) is 10.9. The molecule has 0 aliphatic carbocycles. The van der Waals surface area contributed by atoms with E-state index in [4.69, 9.17) is 14.6 Å². The largest absolute Gasteiger partial charge is 0.483 e. The molecule has 0 saturated carbocycles. The smallest absolute Gasteiger partial charge is 0.344 e. The van der Waals surface area contributed by atoms with Crippen LogP contribution in [0.3, 0.4) is 0 Å². The van der Waals surface area contributed by atoms with Gasteiger partial charge in [0.15, 0.2) is 17.6 Å². The van der Waals surface area contributed by atoms with Crippen molar-refractivity contribution in [1.82, 2.24) is 0 Å². The normalized spacial score (nSPS) is 17.7. The second-order valence-electron chi connectivity index (χ2n) is 5.14. The molecule has 0 saturated heterocycles. The van der Waals surface area contributed by atoms with Gasteiger partial charge < -0.3 is 14.6 Å². The highest BCUT2D eigenvalue weighted by molar-refractivity contribution is 5.73. The molecule has 1 aromatic carbocycles. The first-order valence-electron chi connectivity index (χ1n) is 6.13. The lowest BCUT2D eigenvalue weighted by molar-refractivity contribution is -0.145. The summed E-state index contributed by atoms with van der Waals surface area (Å²) in [6.07, 6.45) is 0.398. The third kappa shape index (κ3) is 2.42. The Balaban J connectivity index is 2.27. The lowest BCUT2D eigenvalue weighted by atomic mass is 10.0. The van der Waals surface area contributed by atoms with E-state index in [-0.39, 0.29) is 5.60 Å². The van der Waals surface area contributed by atoms with E-state index in [1.807, 2.05) is 26.0 Å². The monoisotopic (exact) mass is 250 g/mol. The lowest BCUT2D eigenvalue weighted by Crippen LogP contribution is -2.27. The van der Waals surface area contributed by atoms with Gasteiger partial charge in [0.1, 0.15) is 5.60 Å². The number of aliphatic carboxylic acids is 1. The molecule has 4 heteroatoms. The van der Waals surface area contributed by atoms with E-state index in [0.29, 0.717) is 17.9 Å². The van der Waals surface area contributed by atoms with Gasteiger partial charge in [0.25, 0.3) is 0 Å². The van der Waals surface area contributed by atoms with Gasteiger partial charge in [-0.3, -0.25) is 0 Å². The quantitative estimate of drug-likeness (QED) is 0.892. The Labute approximate surface area is 107 Å². The SMILES string of the molecule is CCC(Oc1cccc2c1OC(C)(C)C2)C(=O)O. The van der Waals surface area contributed by atoms with Gasteiger partial charge in [0.05, 0.1) is 0 Å². The van der Waals surface area contributed by atoms with E-state index < -0.39 is 12.1 Å². The van der Waals surface area contributed by atoms with Gasteiger partial charge >= 0.3 is 5.97 Å². The molecule has 1 aliphatic rings. The van der Waals surface area contributed by atoms with Crippen molar-refractivity contribution in [2.24, 2.45) is 0 Å². The lowest BCUT2D eigenvalue weighted by Gasteiger charge is -2.19. The van der Waals surface area contributed by atoms with Crippen molar-refractivity contribution < 1.29 is 19.4 Å². The fraction of sp³-hybridized carbons (Fsp3) is 0.500. The average molecular weight is 250 g/mol. The Morgan fingerprint density at radius 2 is 2.28 bits per heavy atom. The topological polar surface area (TPSA) is 55.8 Å². The van der Waals surface area contributed by atoms with Gasteiger partial charge in [-0.2, -0.15) is 0 Å². The molecular formula is C14H18O4. The van der Waals surface area contributed by atoms with Crippen LogP contribution in [0, 0.1) is 0 Å². The first kappa shape index (κ1) is 12.7. The number of fused-ring (bicyclic) bond motifs is 1. The molecule has 4 nitrogen and oxygen atoms in total. The van der Waals surface area contributed by atoms with Crippen LogP contribution in [-0.4, -0.2) is 22.8 Å². The van der Waals surface area contributed by atoms with Crippen molar-refractivity contribution in [3.8, 4) is 11.5 Å². The number of carbonyl (C=O) groups is 1. The minimum Gasteiger partial charge on any atom is -0.483 e. The third-order valence-corrected chi connectivity index (χ3v) is 2.97. The summed E-state index contributed by atoms with van der Waals surface area (Å²) in [4.78, 5) is 11.0. The number of carboxylic acid groups (broad SMARTS) is 1. The number of benzene rings is 1. The number of hydrogen-bond acceptors (Lipinski definition) is 3. The minimum atomic E-state index is -0.952. The van der Waals surface area contributed by atoms with Gasteiger partial charge in [0.2, 0.25) is 0 Å².